The zero-order valence-electron chi connectivity index (χ0n) is 14.7. The molecule has 7 heteroatoms. The third-order valence-corrected chi connectivity index (χ3v) is 5.59. The monoisotopic (exact) mass is 397 g/mol. The maximum atomic E-state index is 13.0. The fraction of sp³-hybridized carbons (Fsp3) is 0.150. The Morgan fingerprint density at radius 1 is 1.19 bits per heavy atom. The van der Waals surface area contributed by atoms with E-state index in [-0.39, 0.29) is 17.2 Å². The molecule has 0 fully saturated rings. The minimum absolute atomic E-state index is 0.0556. The molecule has 1 aromatic carbocycles. The molecular weight excluding hydrogens is 378 g/mol. The molecule has 0 bridgehead atoms. The molecule has 0 saturated heterocycles. The van der Waals surface area contributed by atoms with Gasteiger partial charge in [0.15, 0.2) is 5.16 Å². The number of rotatable bonds is 8. The minimum atomic E-state index is -0.128. The molecule has 0 N–H and O–H groups in total. The molecule has 138 valence electrons. The van der Waals surface area contributed by atoms with Gasteiger partial charge in [-0.3, -0.25) is 14.2 Å². The fourth-order valence-electron chi connectivity index (χ4n) is 2.60. The van der Waals surface area contributed by atoms with Crippen LogP contribution in [0, 0.1) is 0 Å². The second kappa shape index (κ2) is 8.83. The van der Waals surface area contributed by atoms with Crippen molar-refractivity contribution >= 4 is 39.2 Å². The van der Waals surface area contributed by atoms with Gasteiger partial charge in [0.1, 0.15) is 4.83 Å². The number of amides is 1. The number of carbonyl (C=O) groups is 1. The number of benzene rings is 1. The number of fused-ring (bicyclic) bond motifs is 1. The first-order valence-electron chi connectivity index (χ1n) is 8.33. The summed E-state index contributed by atoms with van der Waals surface area (Å²) in [6.45, 7) is 8.28. The van der Waals surface area contributed by atoms with Gasteiger partial charge < -0.3 is 4.90 Å². The number of hydrogen-bond donors (Lipinski definition) is 0. The Morgan fingerprint density at radius 2 is 1.89 bits per heavy atom. The first kappa shape index (κ1) is 19.1. The summed E-state index contributed by atoms with van der Waals surface area (Å²) in [4.78, 5) is 32.5. The largest absolute Gasteiger partial charge is 0.335 e. The van der Waals surface area contributed by atoms with Crippen LogP contribution in [0.5, 0.6) is 0 Å². The summed E-state index contributed by atoms with van der Waals surface area (Å²) in [5.74, 6) is 0.123. The SMILES string of the molecule is C=CCN(CC=C)C(=O)CSc1nc2sccc2c(=O)n1-c1ccccc1. The summed E-state index contributed by atoms with van der Waals surface area (Å²) in [6.07, 6.45) is 3.36. The molecule has 0 atom stereocenters. The smallest absolute Gasteiger partial charge is 0.267 e. The van der Waals surface area contributed by atoms with E-state index in [1.807, 2.05) is 35.7 Å². The lowest BCUT2D eigenvalue weighted by Crippen LogP contribution is -2.33. The average Bonchev–Trinajstić information content (AvgIpc) is 3.15. The Hall–Kier alpha value is -2.64. The van der Waals surface area contributed by atoms with Gasteiger partial charge in [-0.2, -0.15) is 0 Å². The zero-order chi connectivity index (χ0) is 19.2. The quantitative estimate of drug-likeness (QED) is 0.330. The normalized spacial score (nSPS) is 10.7. The van der Waals surface area contributed by atoms with Gasteiger partial charge in [-0.25, -0.2) is 4.98 Å². The van der Waals surface area contributed by atoms with E-state index in [9.17, 15) is 9.59 Å². The summed E-state index contributed by atoms with van der Waals surface area (Å²) in [7, 11) is 0. The molecule has 0 radical (unpaired) electrons. The van der Waals surface area contributed by atoms with Crippen molar-refractivity contribution in [1.29, 1.82) is 0 Å². The zero-order valence-corrected chi connectivity index (χ0v) is 16.3. The number of para-hydroxylation sites is 1. The summed E-state index contributed by atoms with van der Waals surface area (Å²) < 4.78 is 1.57. The summed E-state index contributed by atoms with van der Waals surface area (Å²) >= 11 is 2.68. The Kier molecular flexibility index (Phi) is 6.26. The van der Waals surface area contributed by atoms with E-state index in [0.717, 1.165) is 5.69 Å². The van der Waals surface area contributed by atoms with Gasteiger partial charge in [0.05, 0.1) is 16.8 Å². The second-order valence-corrected chi connectivity index (χ2v) is 7.51. The molecular formula is C20H19N3O2S2. The number of aromatic nitrogens is 2. The number of nitrogens with zero attached hydrogens (tertiary/aromatic N) is 3. The Bertz CT molecular complexity index is 1010. The highest BCUT2D eigenvalue weighted by Crippen LogP contribution is 2.24. The van der Waals surface area contributed by atoms with Crippen LogP contribution in [-0.2, 0) is 4.79 Å². The molecule has 0 aliphatic heterocycles. The summed E-state index contributed by atoms with van der Waals surface area (Å²) in [5.41, 5.74) is 0.600. The van der Waals surface area contributed by atoms with E-state index < -0.39 is 0 Å². The van der Waals surface area contributed by atoms with Crippen molar-refractivity contribution in [3.05, 3.63) is 77.4 Å². The summed E-state index contributed by atoms with van der Waals surface area (Å²) in [5, 5.41) is 2.94. The van der Waals surface area contributed by atoms with Gasteiger partial charge >= 0.3 is 0 Å². The van der Waals surface area contributed by atoms with E-state index >= 15 is 0 Å². The highest BCUT2D eigenvalue weighted by molar-refractivity contribution is 7.99. The molecule has 0 aliphatic carbocycles. The molecule has 27 heavy (non-hydrogen) atoms. The average molecular weight is 398 g/mol. The van der Waals surface area contributed by atoms with Gasteiger partial charge in [0, 0.05) is 13.1 Å². The van der Waals surface area contributed by atoms with Crippen LogP contribution in [0.4, 0.5) is 0 Å². The minimum Gasteiger partial charge on any atom is -0.335 e. The molecule has 0 aliphatic rings. The molecule has 0 unspecified atom stereocenters. The predicted molar refractivity (Wildman–Crippen MR) is 113 cm³/mol. The maximum Gasteiger partial charge on any atom is 0.267 e. The van der Waals surface area contributed by atoms with Crippen LogP contribution < -0.4 is 5.56 Å². The van der Waals surface area contributed by atoms with Crippen molar-refractivity contribution in [2.75, 3.05) is 18.8 Å². The van der Waals surface area contributed by atoms with Gasteiger partial charge in [0.25, 0.3) is 5.56 Å². The lowest BCUT2D eigenvalue weighted by atomic mass is 10.3. The van der Waals surface area contributed by atoms with Crippen molar-refractivity contribution in [2.24, 2.45) is 0 Å². The first-order valence-corrected chi connectivity index (χ1v) is 10.2. The fourth-order valence-corrected chi connectivity index (χ4v) is 4.32. The molecule has 3 aromatic rings. The third kappa shape index (κ3) is 4.20. The number of thiophene rings is 1. The van der Waals surface area contributed by atoms with E-state index in [4.69, 9.17) is 0 Å². The van der Waals surface area contributed by atoms with Crippen LogP contribution in [-0.4, -0.2) is 39.2 Å². The highest BCUT2D eigenvalue weighted by Gasteiger charge is 2.17. The van der Waals surface area contributed by atoms with Crippen molar-refractivity contribution in [2.45, 2.75) is 5.16 Å². The first-order chi connectivity index (χ1) is 13.2. The van der Waals surface area contributed by atoms with Crippen molar-refractivity contribution in [1.82, 2.24) is 14.5 Å². The van der Waals surface area contributed by atoms with Gasteiger partial charge in [0.2, 0.25) is 5.91 Å². The molecule has 1 amide bonds. The summed E-state index contributed by atoms with van der Waals surface area (Å²) in [6, 6.07) is 11.1. The van der Waals surface area contributed by atoms with Crippen LogP contribution in [0.25, 0.3) is 15.9 Å². The molecule has 3 rings (SSSR count). The van der Waals surface area contributed by atoms with E-state index in [0.29, 0.717) is 28.5 Å². The van der Waals surface area contributed by atoms with Crippen LogP contribution in [0.15, 0.2) is 77.0 Å². The van der Waals surface area contributed by atoms with E-state index in [1.165, 1.54) is 23.1 Å². The van der Waals surface area contributed by atoms with Gasteiger partial charge in [-0.15, -0.1) is 24.5 Å². The Labute approximate surface area is 165 Å². The third-order valence-electron chi connectivity index (χ3n) is 3.86. The Balaban J connectivity index is 1.96. The molecule has 2 heterocycles. The number of hydrogen-bond acceptors (Lipinski definition) is 5. The second-order valence-electron chi connectivity index (χ2n) is 5.67. The standard InChI is InChI=1S/C20H19N3O2S2/c1-3-11-22(12-4-2)17(24)14-27-20-21-18-16(10-13-26-18)19(25)23(20)15-8-6-5-7-9-15/h3-10,13H,1-2,11-12,14H2. The Morgan fingerprint density at radius 3 is 2.56 bits per heavy atom. The lowest BCUT2D eigenvalue weighted by Gasteiger charge is -2.19. The molecule has 2 aromatic heterocycles. The van der Waals surface area contributed by atoms with Crippen LogP contribution >= 0.6 is 23.1 Å². The van der Waals surface area contributed by atoms with E-state index in [1.54, 1.807) is 27.7 Å². The predicted octanol–water partition coefficient (Wildman–Crippen LogP) is 3.74. The van der Waals surface area contributed by atoms with Crippen molar-refractivity contribution in [3.63, 3.8) is 0 Å². The van der Waals surface area contributed by atoms with Crippen molar-refractivity contribution in [3.8, 4) is 5.69 Å². The van der Waals surface area contributed by atoms with Crippen LogP contribution in [0.3, 0.4) is 0 Å². The van der Waals surface area contributed by atoms with Crippen molar-refractivity contribution < 1.29 is 4.79 Å². The molecule has 0 saturated carbocycles. The van der Waals surface area contributed by atoms with Crippen LogP contribution in [0.2, 0.25) is 0 Å². The number of thioether (sulfide) groups is 1. The van der Waals surface area contributed by atoms with E-state index in [2.05, 4.69) is 18.1 Å². The van der Waals surface area contributed by atoms with Gasteiger partial charge in [-0.1, -0.05) is 42.1 Å². The highest BCUT2D eigenvalue weighted by atomic mass is 32.2. The molecule has 5 nitrogen and oxygen atoms in total. The lowest BCUT2D eigenvalue weighted by molar-refractivity contribution is -0.127. The number of carbonyl (C=O) groups excluding carboxylic acids is 1. The topological polar surface area (TPSA) is 55.2 Å². The van der Waals surface area contributed by atoms with Crippen LogP contribution in [0.1, 0.15) is 0 Å². The van der Waals surface area contributed by atoms with Gasteiger partial charge in [-0.05, 0) is 23.6 Å². The maximum absolute atomic E-state index is 13.0. The molecule has 0 spiro atoms.